The molecule has 1 fully saturated rings. The number of carbonyl (C=O) groups is 3. The quantitative estimate of drug-likeness (QED) is 0.675. The van der Waals surface area contributed by atoms with E-state index in [1.807, 2.05) is 36.4 Å². The Morgan fingerprint density at radius 1 is 0.897 bits per heavy atom. The Balaban J connectivity index is 1.41. The Morgan fingerprint density at radius 2 is 1.55 bits per heavy atom. The van der Waals surface area contributed by atoms with Gasteiger partial charge in [0.2, 0.25) is 11.8 Å². The molecule has 0 radical (unpaired) electrons. The van der Waals surface area contributed by atoms with Crippen molar-refractivity contribution < 1.29 is 14.4 Å². The lowest BCUT2D eigenvalue weighted by Crippen LogP contribution is -2.47. The molecule has 2 aromatic rings. The third kappa shape index (κ3) is 5.91. The molecule has 3 rings (SSSR count). The van der Waals surface area contributed by atoms with Crippen LogP contribution >= 0.6 is 0 Å². The Kier molecular flexibility index (Phi) is 7.39. The van der Waals surface area contributed by atoms with Crippen LogP contribution in [0.5, 0.6) is 0 Å². The van der Waals surface area contributed by atoms with E-state index in [0.717, 1.165) is 12.0 Å². The van der Waals surface area contributed by atoms with Gasteiger partial charge in [0.15, 0.2) is 0 Å². The minimum Gasteiger partial charge on any atom is -0.353 e. The SMILES string of the molecule is O=C(NCCNC(=O)[C@H]1CCCN1C(=O)CCc1ccccc1)c1ccccc1. The van der Waals surface area contributed by atoms with Crippen molar-refractivity contribution in [3.63, 3.8) is 0 Å². The number of nitrogens with zero attached hydrogens (tertiary/aromatic N) is 1. The van der Waals surface area contributed by atoms with E-state index in [-0.39, 0.29) is 17.7 Å². The molecule has 1 heterocycles. The highest BCUT2D eigenvalue weighted by Gasteiger charge is 2.33. The molecule has 29 heavy (non-hydrogen) atoms. The fraction of sp³-hybridized carbons (Fsp3) is 0.348. The van der Waals surface area contributed by atoms with Gasteiger partial charge in [-0.05, 0) is 37.0 Å². The van der Waals surface area contributed by atoms with Crippen LogP contribution in [-0.4, -0.2) is 48.3 Å². The van der Waals surface area contributed by atoms with Gasteiger partial charge in [0, 0.05) is 31.6 Å². The second-order valence-corrected chi connectivity index (χ2v) is 7.14. The lowest BCUT2D eigenvalue weighted by Gasteiger charge is -2.24. The summed E-state index contributed by atoms with van der Waals surface area (Å²) in [6.45, 7) is 1.30. The van der Waals surface area contributed by atoms with Gasteiger partial charge in [0.1, 0.15) is 6.04 Å². The van der Waals surface area contributed by atoms with Crippen molar-refractivity contribution in [1.29, 1.82) is 0 Å². The van der Waals surface area contributed by atoms with Gasteiger partial charge in [-0.3, -0.25) is 14.4 Å². The first-order valence-electron chi connectivity index (χ1n) is 10.1. The number of hydrogen-bond donors (Lipinski definition) is 2. The van der Waals surface area contributed by atoms with Crippen LogP contribution in [0.25, 0.3) is 0 Å². The molecule has 0 spiro atoms. The van der Waals surface area contributed by atoms with E-state index >= 15 is 0 Å². The highest BCUT2D eigenvalue weighted by atomic mass is 16.2. The summed E-state index contributed by atoms with van der Waals surface area (Å²) in [6.07, 6.45) is 2.59. The Labute approximate surface area is 171 Å². The van der Waals surface area contributed by atoms with Gasteiger partial charge in [-0.25, -0.2) is 0 Å². The van der Waals surface area contributed by atoms with Crippen molar-refractivity contribution in [2.75, 3.05) is 19.6 Å². The first kappa shape index (κ1) is 20.6. The largest absolute Gasteiger partial charge is 0.353 e. The maximum atomic E-state index is 12.6. The molecule has 0 unspecified atom stereocenters. The molecule has 2 N–H and O–H groups in total. The number of hydrogen-bond acceptors (Lipinski definition) is 3. The van der Waals surface area contributed by atoms with Crippen LogP contribution in [0.2, 0.25) is 0 Å². The van der Waals surface area contributed by atoms with Crippen LogP contribution < -0.4 is 10.6 Å². The molecule has 3 amide bonds. The van der Waals surface area contributed by atoms with Crippen molar-refractivity contribution in [1.82, 2.24) is 15.5 Å². The zero-order valence-corrected chi connectivity index (χ0v) is 16.5. The lowest BCUT2D eigenvalue weighted by molar-refractivity contribution is -0.138. The molecule has 0 saturated carbocycles. The van der Waals surface area contributed by atoms with E-state index in [4.69, 9.17) is 0 Å². The minimum absolute atomic E-state index is 0.0175. The normalized spacial score (nSPS) is 15.7. The van der Waals surface area contributed by atoms with E-state index < -0.39 is 6.04 Å². The molecule has 1 saturated heterocycles. The summed E-state index contributed by atoms with van der Waals surface area (Å²) in [7, 11) is 0. The van der Waals surface area contributed by atoms with Gasteiger partial charge in [0.25, 0.3) is 5.91 Å². The molecule has 1 aliphatic heterocycles. The first-order chi connectivity index (χ1) is 14.1. The van der Waals surface area contributed by atoms with Gasteiger partial charge >= 0.3 is 0 Å². The third-order valence-corrected chi connectivity index (χ3v) is 5.09. The van der Waals surface area contributed by atoms with E-state index in [2.05, 4.69) is 10.6 Å². The van der Waals surface area contributed by atoms with Gasteiger partial charge < -0.3 is 15.5 Å². The van der Waals surface area contributed by atoms with Crippen LogP contribution in [0.15, 0.2) is 60.7 Å². The summed E-state index contributed by atoms with van der Waals surface area (Å²) >= 11 is 0. The van der Waals surface area contributed by atoms with Crippen molar-refractivity contribution in [2.24, 2.45) is 0 Å². The summed E-state index contributed by atoms with van der Waals surface area (Å²) in [5.41, 5.74) is 1.71. The second-order valence-electron chi connectivity index (χ2n) is 7.14. The summed E-state index contributed by atoms with van der Waals surface area (Å²) in [4.78, 5) is 38.8. The maximum absolute atomic E-state index is 12.6. The predicted molar refractivity (Wildman–Crippen MR) is 111 cm³/mol. The Bertz CT molecular complexity index is 824. The number of rotatable bonds is 8. The highest BCUT2D eigenvalue weighted by Crippen LogP contribution is 2.19. The van der Waals surface area contributed by atoms with Crippen LogP contribution in [0, 0.1) is 0 Å². The zero-order valence-electron chi connectivity index (χ0n) is 16.5. The van der Waals surface area contributed by atoms with E-state index in [0.29, 0.717) is 44.5 Å². The Hall–Kier alpha value is -3.15. The average Bonchev–Trinajstić information content (AvgIpc) is 3.26. The summed E-state index contributed by atoms with van der Waals surface area (Å²) in [5.74, 6) is -0.299. The fourth-order valence-corrected chi connectivity index (χ4v) is 3.55. The summed E-state index contributed by atoms with van der Waals surface area (Å²) in [6, 6.07) is 18.4. The molecule has 0 bridgehead atoms. The highest BCUT2D eigenvalue weighted by molar-refractivity contribution is 5.94. The number of amides is 3. The van der Waals surface area contributed by atoms with Gasteiger partial charge in [-0.15, -0.1) is 0 Å². The lowest BCUT2D eigenvalue weighted by atomic mass is 10.1. The topological polar surface area (TPSA) is 78.5 Å². The van der Waals surface area contributed by atoms with E-state index in [9.17, 15) is 14.4 Å². The summed E-state index contributed by atoms with van der Waals surface area (Å²) < 4.78 is 0. The average molecular weight is 393 g/mol. The van der Waals surface area contributed by atoms with E-state index in [1.54, 1.807) is 29.2 Å². The number of nitrogens with one attached hydrogen (secondary N) is 2. The smallest absolute Gasteiger partial charge is 0.251 e. The van der Waals surface area contributed by atoms with Crippen LogP contribution in [0.1, 0.15) is 35.2 Å². The molecule has 152 valence electrons. The zero-order chi connectivity index (χ0) is 20.5. The van der Waals surface area contributed by atoms with Crippen LogP contribution in [-0.2, 0) is 16.0 Å². The van der Waals surface area contributed by atoms with Crippen molar-refractivity contribution >= 4 is 17.7 Å². The first-order valence-corrected chi connectivity index (χ1v) is 10.1. The number of likely N-dealkylation sites (tertiary alicyclic amines) is 1. The van der Waals surface area contributed by atoms with Crippen LogP contribution in [0.4, 0.5) is 0 Å². The van der Waals surface area contributed by atoms with Gasteiger partial charge in [-0.2, -0.15) is 0 Å². The Morgan fingerprint density at radius 3 is 2.28 bits per heavy atom. The molecular weight excluding hydrogens is 366 g/mol. The third-order valence-electron chi connectivity index (χ3n) is 5.09. The number of aryl methyl sites for hydroxylation is 1. The number of benzene rings is 2. The van der Waals surface area contributed by atoms with Crippen molar-refractivity contribution in [3.05, 3.63) is 71.8 Å². The minimum atomic E-state index is -0.414. The second kappa shape index (κ2) is 10.4. The fourth-order valence-electron chi connectivity index (χ4n) is 3.55. The molecule has 1 atom stereocenters. The van der Waals surface area contributed by atoms with Crippen molar-refractivity contribution in [3.8, 4) is 0 Å². The van der Waals surface area contributed by atoms with Gasteiger partial charge in [-0.1, -0.05) is 48.5 Å². The van der Waals surface area contributed by atoms with Crippen LogP contribution in [0.3, 0.4) is 0 Å². The molecule has 0 aromatic heterocycles. The van der Waals surface area contributed by atoms with E-state index in [1.165, 1.54) is 0 Å². The summed E-state index contributed by atoms with van der Waals surface area (Å²) in [5, 5.41) is 5.63. The monoisotopic (exact) mass is 393 g/mol. The molecule has 0 aliphatic carbocycles. The molecule has 6 nitrogen and oxygen atoms in total. The molecule has 6 heteroatoms. The number of carbonyl (C=O) groups excluding carboxylic acids is 3. The molecule has 1 aliphatic rings. The van der Waals surface area contributed by atoms with Crippen molar-refractivity contribution in [2.45, 2.75) is 31.7 Å². The predicted octanol–water partition coefficient (Wildman–Crippen LogP) is 2.16. The van der Waals surface area contributed by atoms with Gasteiger partial charge in [0.05, 0.1) is 0 Å². The molecular formula is C23H27N3O3. The standard InChI is InChI=1S/C23H27N3O3/c27-21(14-13-18-8-3-1-4-9-18)26-17-7-12-20(26)23(29)25-16-15-24-22(28)19-10-5-2-6-11-19/h1-6,8-11,20H,7,12-17H2,(H,24,28)(H,25,29)/t20-/m1/s1. The molecule has 2 aromatic carbocycles. The maximum Gasteiger partial charge on any atom is 0.251 e.